The van der Waals surface area contributed by atoms with Crippen LogP contribution in [0.3, 0.4) is 0 Å². The number of methoxy groups -OCH3 is 1. The van der Waals surface area contributed by atoms with Crippen LogP contribution in [0.5, 0.6) is 11.5 Å². The lowest BCUT2D eigenvalue weighted by Gasteiger charge is -2.08. The SMILES string of the molecule is COc1cc(F)c(Cl)c(-c2noc(CN)n2)c1O. The number of ether oxygens (including phenoxy) is 1. The van der Waals surface area contributed by atoms with Crippen molar-refractivity contribution >= 4 is 11.6 Å². The number of nitrogens with two attached hydrogens (primary N) is 1. The first-order chi connectivity index (χ1) is 8.58. The average Bonchev–Trinajstić information content (AvgIpc) is 2.82. The van der Waals surface area contributed by atoms with E-state index in [1.54, 1.807) is 0 Å². The number of hydrogen-bond acceptors (Lipinski definition) is 6. The molecule has 0 saturated heterocycles. The molecule has 0 aliphatic carbocycles. The van der Waals surface area contributed by atoms with Crippen LogP contribution in [-0.4, -0.2) is 22.4 Å². The van der Waals surface area contributed by atoms with E-state index in [1.807, 2.05) is 0 Å². The molecule has 0 spiro atoms. The molecule has 0 aliphatic rings. The van der Waals surface area contributed by atoms with Gasteiger partial charge >= 0.3 is 0 Å². The lowest BCUT2D eigenvalue weighted by Crippen LogP contribution is -1.96. The van der Waals surface area contributed by atoms with E-state index >= 15 is 0 Å². The van der Waals surface area contributed by atoms with Crippen LogP contribution in [0.2, 0.25) is 5.02 Å². The summed E-state index contributed by atoms with van der Waals surface area (Å²) in [5.74, 6) is -1.13. The molecule has 96 valence electrons. The first-order valence-electron chi connectivity index (χ1n) is 4.86. The highest BCUT2D eigenvalue weighted by atomic mass is 35.5. The Labute approximate surface area is 106 Å². The van der Waals surface area contributed by atoms with Crippen LogP contribution in [0.4, 0.5) is 4.39 Å². The second-order valence-electron chi connectivity index (χ2n) is 3.31. The fraction of sp³-hybridized carbons (Fsp3) is 0.200. The van der Waals surface area contributed by atoms with Crippen LogP contribution >= 0.6 is 11.6 Å². The number of phenols is 1. The molecule has 0 saturated carbocycles. The van der Waals surface area contributed by atoms with E-state index in [-0.39, 0.29) is 40.3 Å². The Hall–Kier alpha value is -1.86. The van der Waals surface area contributed by atoms with Crippen LogP contribution in [0.15, 0.2) is 10.6 Å². The summed E-state index contributed by atoms with van der Waals surface area (Å²) in [6.45, 7) is 0.0256. The van der Waals surface area contributed by atoms with E-state index < -0.39 is 5.82 Å². The van der Waals surface area contributed by atoms with Crippen LogP contribution in [-0.2, 0) is 6.54 Å². The Morgan fingerprint density at radius 3 is 2.89 bits per heavy atom. The number of benzene rings is 1. The predicted molar refractivity (Wildman–Crippen MR) is 60.8 cm³/mol. The van der Waals surface area contributed by atoms with Gasteiger partial charge in [0.05, 0.1) is 24.2 Å². The number of phenolic OH excluding ortho intramolecular Hbond substituents is 1. The highest BCUT2D eigenvalue weighted by Gasteiger charge is 2.22. The molecule has 1 aromatic heterocycles. The van der Waals surface area contributed by atoms with Crippen LogP contribution in [0, 0.1) is 5.82 Å². The Morgan fingerprint density at radius 2 is 2.33 bits per heavy atom. The number of rotatable bonds is 3. The minimum atomic E-state index is -0.764. The van der Waals surface area contributed by atoms with Gasteiger partial charge in [0.2, 0.25) is 11.7 Å². The van der Waals surface area contributed by atoms with Crippen molar-refractivity contribution in [2.45, 2.75) is 6.54 Å². The largest absolute Gasteiger partial charge is 0.504 e. The van der Waals surface area contributed by atoms with E-state index in [1.165, 1.54) is 7.11 Å². The number of nitrogens with zero attached hydrogens (tertiary/aromatic N) is 2. The zero-order valence-corrected chi connectivity index (χ0v) is 10.0. The van der Waals surface area contributed by atoms with Gasteiger partial charge < -0.3 is 20.1 Å². The van der Waals surface area contributed by atoms with Crippen molar-refractivity contribution in [2.24, 2.45) is 5.73 Å². The third kappa shape index (κ3) is 1.98. The predicted octanol–water partition coefficient (Wildman–Crippen LogP) is 1.70. The monoisotopic (exact) mass is 273 g/mol. The van der Waals surface area contributed by atoms with Gasteiger partial charge in [-0.1, -0.05) is 16.8 Å². The molecule has 2 aromatic rings. The molecule has 6 nitrogen and oxygen atoms in total. The van der Waals surface area contributed by atoms with E-state index in [2.05, 4.69) is 10.1 Å². The van der Waals surface area contributed by atoms with Gasteiger partial charge in [-0.05, 0) is 0 Å². The highest BCUT2D eigenvalue weighted by molar-refractivity contribution is 6.33. The molecule has 1 heterocycles. The van der Waals surface area contributed by atoms with Gasteiger partial charge in [-0.15, -0.1) is 0 Å². The normalized spacial score (nSPS) is 10.7. The quantitative estimate of drug-likeness (QED) is 0.884. The third-order valence-corrected chi connectivity index (χ3v) is 2.61. The molecule has 0 atom stereocenters. The Kier molecular flexibility index (Phi) is 3.35. The molecule has 18 heavy (non-hydrogen) atoms. The molecule has 0 fully saturated rings. The second kappa shape index (κ2) is 4.79. The summed E-state index contributed by atoms with van der Waals surface area (Å²) in [5.41, 5.74) is 5.21. The molecule has 3 N–H and O–H groups in total. The van der Waals surface area contributed by atoms with E-state index in [0.717, 1.165) is 6.07 Å². The van der Waals surface area contributed by atoms with Gasteiger partial charge in [-0.3, -0.25) is 0 Å². The lowest BCUT2D eigenvalue weighted by molar-refractivity contribution is 0.369. The number of aromatic hydroxyl groups is 1. The fourth-order valence-corrected chi connectivity index (χ4v) is 1.62. The van der Waals surface area contributed by atoms with Crippen molar-refractivity contribution in [1.29, 1.82) is 0 Å². The Bertz CT molecular complexity index is 588. The number of hydrogen-bond donors (Lipinski definition) is 2. The zero-order valence-electron chi connectivity index (χ0n) is 9.28. The number of halogens is 2. The molecular formula is C10H9ClFN3O3. The van der Waals surface area contributed by atoms with Crippen molar-refractivity contribution in [2.75, 3.05) is 7.11 Å². The summed E-state index contributed by atoms with van der Waals surface area (Å²) in [5, 5.41) is 13.1. The summed E-state index contributed by atoms with van der Waals surface area (Å²) < 4.78 is 23.1. The molecule has 0 radical (unpaired) electrons. The Balaban J connectivity index is 2.65. The summed E-state index contributed by atoms with van der Waals surface area (Å²) in [7, 11) is 1.29. The van der Waals surface area contributed by atoms with Crippen LogP contribution in [0.1, 0.15) is 5.89 Å². The smallest absolute Gasteiger partial charge is 0.240 e. The minimum absolute atomic E-state index is 0.0256. The van der Waals surface area contributed by atoms with Crippen molar-refractivity contribution in [1.82, 2.24) is 10.1 Å². The molecular weight excluding hydrogens is 265 g/mol. The van der Waals surface area contributed by atoms with Gasteiger partial charge in [-0.2, -0.15) is 4.98 Å². The van der Waals surface area contributed by atoms with Gasteiger partial charge in [0.1, 0.15) is 5.82 Å². The molecule has 0 bridgehead atoms. The maximum Gasteiger partial charge on any atom is 0.240 e. The summed E-state index contributed by atoms with van der Waals surface area (Å²) in [4.78, 5) is 3.87. The molecule has 0 unspecified atom stereocenters. The molecule has 0 amide bonds. The lowest BCUT2D eigenvalue weighted by atomic mass is 10.1. The van der Waals surface area contributed by atoms with Gasteiger partial charge in [0.15, 0.2) is 11.5 Å². The van der Waals surface area contributed by atoms with E-state index in [4.69, 9.17) is 26.6 Å². The van der Waals surface area contributed by atoms with Gasteiger partial charge in [0, 0.05) is 6.07 Å². The summed E-state index contributed by atoms with van der Waals surface area (Å²) >= 11 is 5.77. The van der Waals surface area contributed by atoms with Crippen molar-refractivity contribution in [3.05, 3.63) is 22.8 Å². The molecule has 1 aromatic carbocycles. The van der Waals surface area contributed by atoms with E-state index in [9.17, 15) is 9.50 Å². The van der Waals surface area contributed by atoms with Crippen molar-refractivity contribution in [3.63, 3.8) is 0 Å². The molecule has 2 rings (SSSR count). The minimum Gasteiger partial charge on any atom is -0.504 e. The summed E-state index contributed by atoms with van der Waals surface area (Å²) in [6, 6.07) is 0.963. The summed E-state index contributed by atoms with van der Waals surface area (Å²) in [6.07, 6.45) is 0. The second-order valence-corrected chi connectivity index (χ2v) is 3.69. The Morgan fingerprint density at radius 1 is 1.61 bits per heavy atom. The zero-order chi connectivity index (χ0) is 13.3. The van der Waals surface area contributed by atoms with E-state index in [0.29, 0.717) is 0 Å². The van der Waals surface area contributed by atoms with Crippen LogP contribution in [0.25, 0.3) is 11.4 Å². The van der Waals surface area contributed by atoms with Gasteiger partial charge in [0.25, 0.3) is 0 Å². The first kappa shape index (κ1) is 12.6. The first-order valence-corrected chi connectivity index (χ1v) is 5.24. The maximum atomic E-state index is 13.5. The number of aromatic nitrogens is 2. The third-order valence-electron chi connectivity index (χ3n) is 2.24. The average molecular weight is 274 g/mol. The van der Waals surface area contributed by atoms with Crippen molar-refractivity contribution < 1.29 is 18.8 Å². The van der Waals surface area contributed by atoms with Crippen LogP contribution < -0.4 is 10.5 Å². The standard InChI is InChI=1S/C10H9ClFN3O3/c1-17-5-2-4(12)8(11)7(9(5)16)10-14-6(3-13)18-15-10/h2,16H,3,13H2,1H3. The van der Waals surface area contributed by atoms with Crippen molar-refractivity contribution in [3.8, 4) is 22.9 Å². The van der Waals surface area contributed by atoms with Gasteiger partial charge in [-0.25, -0.2) is 4.39 Å². The topological polar surface area (TPSA) is 94.4 Å². The highest BCUT2D eigenvalue weighted by Crippen LogP contribution is 2.42. The molecule has 0 aliphatic heterocycles. The maximum absolute atomic E-state index is 13.5. The molecule has 8 heteroatoms. The fourth-order valence-electron chi connectivity index (χ4n) is 1.39.